The lowest BCUT2D eigenvalue weighted by Gasteiger charge is -2.18. The molecular formula is C25H16Cl4F4N2O2. The number of nitrogens with one attached hydrogen (secondary N) is 1. The van der Waals surface area contributed by atoms with Crippen LogP contribution in [0.2, 0.25) is 10.0 Å². The zero-order chi connectivity index (χ0) is 27.3. The van der Waals surface area contributed by atoms with Crippen molar-refractivity contribution >= 4 is 69.6 Å². The molecule has 1 aliphatic carbocycles. The van der Waals surface area contributed by atoms with Crippen LogP contribution in [0.25, 0.3) is 0 Å². The number of carbonyl (C=O) groups excluding carboxylic acids is 2. The van der Waals surface area contributed by atoms with Gasteiger partial charge in [0.05, 0.1) is 22.1 Å². The minimum atomic E-state index is -4.65. The molecule has 1 aliphatic rings. The van der Waals surface area contributed by atoms with Crippen LogP contribution < -0.4 is 10.2 Å². The predicted molar refractivity (Wildman–Crippen MR) is 136 cm³/mol. The van der Waals surface area contributed by atoms with Crippen molar-refractivity contribution in [2.24, 2.45) is 5.92 Å². The highest BCUT2D eigenvalue weighted by Crippen LogP contribution is 2.65. The van der Waals surface area contributed by atoms with E-state index in [4.69, 9.17) is 46.4 Å². The summed E-state index contributed by atoms with van der Waals surface area (Å²) in [4.78, 5) is 27.3. The average Bonchev–Trinajstić information content (AvgIpc) is 3.41. The molecule has 1 saturated carbocycles. The number of rotatable bonds is 5. The molecule has 0 aromatic heterocycles. The highest BCUT2D eigenvalue weighted by molar-refractivity contribution is 6.53. The predicted octanol–water partition coefficient (Wildman–Crippen LogP) is 7.95. The van der Waals surface area contributed by atoms with E-state index in [1.165, 1.54) is 60.5 Å². The molecule has 4 nitrogen and oxygen atoms in total. The van der Waals surface area contributed by atoms with Gasteiger partial charge in [-0.25, -0.2) is 4.39 Å². The molecule has 1 N–H and O–H groups in total. The molecule has 0 saturated heterocycles. The zero-order valence-corrected chi connectivity index (χ0v) is 21.7. The first kappa shape index (κ1) is 27.5. The molecule has 2 atom stereocenters. The van der Waals surface area contributed by atoms with E-state index in [0.717, 1.165) is 12.1 Å². The average molecular weight is 594 g/mol. The smallest absolute Gasteiger partial charge is 0.326 e. The van der Waals surface area contributed by atoms with Crippen molar-refractivity contribution < 1.29 is 27.2 Å². The standard InChI is InChI=1S/C25H16Cl4F4N2O2/c1-35(17-5-2-15(30)3-6-17)23(37)18-11-16(4-7-19(18)27)34-22(36)21-20(24(21,28)29)12-8-13(25(31,32)33)10-14(26)9-12/h2-11,20-21H,1H3,(H,34,36)/t20-,21+/m1/s1. The Morgan fingerprint density at radius 1 is 0.973 bits per heavy atom. The van der Waals surface area contributed by atoms with E-state index in [-0.39, 0.29) is 26.9 Å². The molecule has 4 rings (SSSR count). The Morgan fingerprint density at radius 2 is 1.62 bits per heavy atom. The molecule has 12 heteroatoms. The molecule has 194 valence electrons. The second-order valence-corrected chi connectivity index (χ2v) is 10.7. The molecule has 0 heterocycles. The topological polar surface area (TPSA) is 49.4 Å². The fourth-order valence-electron chi connectivity index (χ4n) is 3.97. The maximum atomic E-state index is 13.2. The number of benzene rings is 3. The van der Waals surface area contributed by atoms with Crippen LogP contribution in [-0.4, -0.2) is 23.2 Å². The molecule has 0 aliphatic heterocycles. The summed E-state index contributed by atoms with van der Waals surface area (Å²) in [6, 6.07) is 12.3. The molecule has 0 radical (unpaired) electrons. The highest BCUT2D eigenvalue weighted by Gasteiger charge is 2.67. The third-order valence-corrected chi connectivity index (χ3v) is 7.41. The van der Waals surface area contributed by atoms with Crippen LogP contribution >= 0.6 is 46.4 Å². The lowest BCUT2D eigenvalue weighted by molar-refractivity contribution is -0.137. The number of hydrogen-bond acceptors (Lipinski definition) is 2. The van der Waals surface area contributed by atoms with Gasteiger partial charge in [-0.1, -0.05) is 23.2 Å². The van der Waals surface area contributed by atoms with E-state index >= 15 is 0 Å². The van der Waals surface area contributed by atoms with E-state index < -0.39 is 45.5 Å². The van der Waals surface area contributed by atoms with Gasteiger partial charge in [0.2, 0.25) is 5.91 Å². The fraction of sp³-hybridized carbons (Fsp3) is 0.200. The zero-order valence-electron chi connectivity index (χ0n) is 18.7. The number of carbonyl (C=O) groups is 2. The lowest BCUT2D eigenvalue weighted by Crippen LogP contribution is -2.26. The van der Waals surface area contributed by atoms with Crippen LogP contribution in [0.5, 0.6) is 0 Å². The van der Waals surface area contributed by atoms with Gasteiger partial charge in [0.15, 0.2) is 0 Å². The van der Waals surface area contributed by atoms with Gasteiger partial charge in [0, 0.05) is 29.4 Å². The summed E-state index contributed by atoms with van der Waals surface area (Å²) < 4.78 is 51.2. The van der Waals surface area contributed by atoms with Gasteiger partial charge in [-0.2, -0.15) is 13.2 Å². The second-order valence-electron chi connectivity index (χ2n) is 8.43. The van der Waals surface area contributed by atoms with Gasteiger partial charge in [-0.15, -0.1) is 23.2 Å². The second kappa shape index (κ2) is 9.98. The Kier molecular flexibility index (Phi) is 7.42. The van der Waals surface area contributed by atoms with Crippen molar-refractivity contribution in [3.63, 3.8) is 0 Å². The number of alkyl halides is 5. The molecule has 1 fully saturated rings. The summed E-state index contributed by atoms with van der Waals surface area (Å²) in [6.45, 7) is 0. The van der Waals surface area contributed by atoms with Gasteiger partial charge in [-0.05, 0) is 66.2 Å². The van der Waals surface area contributed by atoms with Crippen molar-refractivity contribution in [3.05, 3.63) is 93.2 Å². The minimum Gasteiger partial charge on any atom is -0.326 e. The van der Waals surface area contributed by atoms with Crippen molar-refractivity contribution in [3.8, 4) is 0 Å². The Balaban J connectivity index is 1.55. The summed E-state index contributed by atoms with van der Waals surface area (Å²) in [5, 5.41) is 2.51. The number of amides is 2. The quantitative estimate of drug-likeness (QED) is 0.241. The molecule has 0 bridgehead atoms. The van der Waals surface area contributed by atoms with E-state index in [1.807, 2.05) is 0 Å². The molecule has 3 aromatic rings. The molecule has 0 unspecified atom stereocenters. The van der Waals surface area contributed by atoms with Gasteiger partial charge in [-0.3, -0.25) is 9.59 Å². The third-order valence-electron chi connectivity index (χ3n) is 5.93. The summed E-state index contributed by atoms with van der Waals surface area (Å²) in [5.41, 5.74) is -0.283. The van der Waals surface area contributed by atoms with Gasteiger partial charge in [0.25, 0.3) is 5.91 Å². The van der Waals surface area contributed by atoms with E-state index in [0.29, 0.717) is 5.69 Å². The van der Waals surface area contributed by atoms with Crippen molar-refractivity contribution in [1.82, 2.24) is 0 Å². The maximum Gasteiger partial charge on any atom is 0.416 e. The summed E-state index contributed by atoms with van der Waals surface area (Å²) in [7, 11) is 1.47. The normalized spacial score (nSPS) is 18.3. The molecule has 2 amide bonds. The largest absolute Gasteiger partial charge is 0.416 e. The first-order valence-corrected chi connectivity index (χ1v) is 12.1. The van der Waals surface area contributed by atoms with Crippen LogP contribution in [0.3, 0.4) is 0 Å². The summed E-state index contributed by atoms with van der Waals surface area (Å²) in [5.74, 6) is -3.70. The van der Waals surface area contributed by atoms with Crippen molar-refractivity contribution in [2.75, 3.05) is 17.3 Å². The lowest BCUT2D eigenvalue weighted by atomic mass is 10.0. The number of halogens is 8. The molecule has 3 aromatic carbocycles. The van der Waals surface area contributed by atoms with Crippen molar-refractivity contribution in [2.45, 2.75) is 16.4 Å². The van der Waals surface area contributed by atoms with Crippen LogP contribution in [-0.2, 0) is 11.0 Å². The van der Waals surface area contributed by atoms with Crippen LogP contribution in [0, 0.1) is 11.7 Å². The van der Waals surface area contributed by atoms with Crippen LogP contribution in [0.1, 0.15) is 27.4 Å². The van der Waals surface area contributed by atoms with E-state index in [9.17, 15) is 27.2 Å². The van der Waals surface area contributed by atoms with Crippen molar-refractivity contribution in [1.29, 1.82) is 0 Å². The Hall–Kier alpha value is -2.52. The van der Waals surface area contributed by atoms with E-state index in [2.05, 4.69) is 5.32 Å². The number of hydrogen-bond donors (Lipinski definition) is 1. The summed E-state index contributed by atoms with van der Waals surface area (Å²) >= 11 is 24.6. The maximum absolute atomic E-state index is 13.2. The Morgan fingerprint density at radius 3 is 2.24 bits per heavy atom. The monoisotopic (exact) mass is 592 g/mol. The number of nitrogens with zero attached hydrogens (tertiary/aromatic N) is 1. The number of anilines is 2. The SMILES string of the molecule is CN(C(=O)c1cc(NC(=O)[C@@H]2[C@@H](c3cc(Cl)cc(C(F)(F)F)c3)C2(Cl)Cl)ccc1Cl)c1ccc(F)cc1. The first-order chi connectivity index (χ1) is 17.2. The molecule has 37 heavy (non-hydrogen) atoms. The third kappa shape index (κ3) is 5.67. The Labute approximate surface area is 229 Å². The van der Waals surface area contributed by atoms with Gasteiger partial charge >= 0.3 is 6.18 Å². The molecular weight excluding hydrogens is 578 g/mol. The minimum absolute atomic E-state index is 0.0475. The first-order valence-electron chi connectivity index (χ1n) is 10.6. The van der Waals surface area contributed by atoms with Crippen LogP contribution in [0.4, 0.5) is 28.9 Å². The van der Waals surface area contributed by atoms with Crippen LogP contribution in [0.15, 0.2) is 60.7 Å². The highest BCUT2D eigenvalue weighted by atomic mass is 35.5. The van der Waals surface area contributed by atoms with Gasteiger partial charge in [0.1, 0.15) is 10.2 Å². The summed E-state index contributed by atoms with van der Waals surface area (Å²) in [6.07, 6.45) is -4.65. The fourth-order valence-corrected chi connectivity index (χ4v) is 5.24. The Bertz CT molecular complexity index is 1380. The molecule has 0 spiro atoms. The van der Waals surface area contributed by atoms with Gasteiger partial charge < -0.3 is 10.2 Å². The van der Waals surface area contributed by atoms with E-state index in [1.54, 1.807) is 0 Å².